The van der Waals surface area contributed by atoms with Gasteiger partial charge in [0.05, 0.1) is 24.2 Å². The van der Waals surface area contributed by atoms with E-state index in [-0.39, 0.29) is 21.5 Å². The molecule has 10 heteroatoms. The number of benzene rings is 2. The molecule has 0 unspecified atom stereocenters. The molecule has 0 saturated heterocycles. The number of hydrogen-bond acceptors (Lipinski definition) is 5. The SMILES string of the molecule is COC(=O)c1ccc(CNC(=O)CN(C)S(=O)(=O)c2cc(Cl)ccc2Cl)cc1. The Balaban J connectivity index is 1.98. The van der Waals surface area contributed by atoms with Crippen molar-refractivity contribution in [3.8, 4) is 0 Å². The monoisotopic (exact) mass is 444 g/mol. The average Bonchev–Trinajstić information content (AvgIpc) is 2.67. The van der Waals surface area contributed by atoms with Crippen LogP contribution in [0.15, 0.2) is 47.4 Å². The quantitative estimate of drug-likeness (QED) is 0.662. The van der Waals surface area contributed by atoms with Gasteiger partial charge in [-0.15, -0.1) is 0 Å². The van der Waals surface area contributed by atoms with Crippen LogP contribution in [-0.4, -0.2) is 45.3 Å². The van der Waals surface area contributed by atoms with Gasteiger partial charge in [0.25, 0.3) is 0 Å². The van der Waals surface area contributed by atoms with E-state index in [0.29, 0.717) is 5.56 Å². The Hall–Kier alpha value is -2.13. The highest BCUT2D eigenvalue weighted by atomic mass is 35.5. The van der Waals surface area contributed by atoms with E-state index in [1.807, 2.05) is 0 Å². The number of hydrogen-bond donors (Lipinski definition) is 1. The predicted molar refractivity (Wildman–Crippen MR) is 106 cm³/mol. The number of nitrogens with one attached hydrogen (secondary N) is 1. The Kier molecular flexibility index (Phi) is 7.42. The molecule has 2 rings (SSSR count). The number of ether oxygens (including phenoxy) is 1. The smallest absolute Gasteiger partial charge is 0.337 e. The van der Waals surface area contributed by atoms with Crippen LogP contribution in [0.25, 0.3) is 0 Å². The molecule has 0 aliphatic heterocycles. The Morgan fingerprint density at radius 3 is 2.36 bits per heavy atom. The predicted octanol–water partition coefficient (Wildman–Crippen LogP) is 2.72. The van der Waals surface area contributed by atoms with Crippen LogP contribution in [0.2, 0.25) is 10.0 Å². The summed E-state index contributed by atoms with van der Waals surface area (Å²) in [6.45, 7) is -0.225. The van der Waals surface area contributed by atoms with E-state index < -0.39 is 28.4 Å². The summed E-state index contributed by atoms with van der Waals surface area (Å²) in [7, 11) is -1.42. The van der Waals surface area contributed by atoms with Gasteiger partial charge in [0.15, 0.2) is 0 Å². The molecule has 0 heterocycles. The van der Waals surface area contributed by atoms with Crippen molar-refractivity contribution in [1.29, 1.82) is 0 Å². The molecule has 0 bridgehead atoms. The van der Waals surface area contributed by atoms with Crippen molar-refractivity contribution in [3.63, 3.8) is 0 Å². The first kappa shape index (κ1) is 22.2. The van der Waals surface area contributed by atoms with Gasteiger partial charge in [0.1, 0.15) is 4.90 Å². The minimum atomic E-state index is -3.98. The van der Waals surface area contributed by atoms with Gasteiger partial charge < -0.3 is 10.1 Å². The third-order valence-corrected chi connectivity index (χ3v) is 6.33. The van der Waals surface area contributed by atoms with Crippen molar-refractivity contribution in [2.24, 2.45) is 0 Å². The van der Waals surface area contributed by atoms with Gasteiger partial charge in [-0.3, -0.25) is 4.79 Å². The van der Waals surface area contributed by atoms with E-state index in [4.69, 9.17) is 23.2 Å². The number of sulfonamides is 1. The van der Waals surface area contributed by atoms with Crippen LogP contribution in [0.5, 0.6) is 0 Å². The van der Waals surface area contributed by atoms with Gasteiger partial charge in [-0.2, -0.15) is 4.31 Å². The average molecular weight is 445 g/mol. The summed E-state index contributed by atoms with van der Waals surface area (Å²) in [4.78, 5) is 23.4. The summed E-state index contributed by atoms with van der Waals surface area (Å²) in [6, 6.07) is 10.6. The van der Waals surface area contributed by atoms with E-state index in [9.17, 15) is 18.0 Å². The minimum Gasteiger partial charge on any atom is -0.465 e. The fraction of sp³-hybridized carbons (Fsp3) is 0.222. The molecule has 0 atom stereocenters. The molecule has 2 aromatic carbocycles. The normalized spacial score (nSPS) is 11.3. The molecular weight excluding hydrogens is 427 g/mol. The maximum Gasteiger partial charge on any atom is 0.337 e. The highest BCUT2D eigenvalue weighted by Crippen LogP contribution is 2.27. The molecule has 0 spiro atoms. The molecular formula is C18H18Cl2N2O5S. The van der Waals surface area contributed by atoms with Crippen molar-refractivity contribution in [2.75, 3.05) is 20.7 Å². The molecule has 0 aromatic heterocycles. The summed E-state index contributed by atoms with van der Waals surface area (Å²) < 4.78 is 30.7. The lowest BCUT2D eigenvalue weighted by Gasteiger charge is -2.18. The summed E-state index contributed by atoms with van der Waals surface area (Å²) in [5.41, 5.74) is 1.13. The van der Waals surface area contributed by atoms with Crippen LogP contribution in [0, 0.1) is 0 Å². The molecule has 2 aromatic rings. The second-order valence-corrected chi connectivity index (χ2v) is 8.66. The van der Waals surface area contributed by atoms with Crippen molar-refractivity contribution in [2.45, 2.75) is 11.4 Å². The highest BCUT2D eigenvalue weighted by Gasteiger charge is 2.25. The topological polar surface area (TPSA) is 92.8 Å². The van der Waals surface area contributed by atoms with E-state index in [0.717, 1.165) is 9.87 Å². The number of rotatable bonds is 7. The first-order chi connectivity index (χ1) is 13.1. The van der Waals surface area contributed by atoms with Crippen LogP contribution in [0.3, 0.4) is 0 Å². The Labute approximate surface area is 173 Å². The molecule has 1 N–H and O–H groups in total. The number of likely N-dealkylation sites (N-methyl/N-ethyl adjacent to an activating group) is 1. The fourth-order valence-electron chi connectivity index (χ4n) is 2.26. The Morgan fingerprint density at radius 1 is 1.11 bits per heavy atom. The van der Waals surface area contributed by atoms with Crippen molar-refractivity contribution in [1.82, 2.24) is 9.62 Å². The number of esters is 1. The van der Waals surface area contributed by atoms with E-state index in [2.05, 4.69) is 10.1 Å². The van der Waals surface area contributed by atoms with Gasteiger partial charge in [-0.05, 0) is 35.9 Å². The second kappa shape index (κ2) is 9.38. The molecule has 150 valence electrons. The zero-order chi connectivity index (χ0) is 20.9. The van der Waals surface area contributed by atoms with Crippen molar-refractivity contribution < 1.29 is 22.7 Å². The van der Waals surface area contributed by atoms with E-state index >= 15 is 0 Å². The lowest BCUT2D eigenvalue weighted by molar-refractivity contribution is -0.121. The number of nitrogens with zero attached hydrogens (tertiary/aromatic N) is 1. The summed E-state index contributed by atoms with van der Waals surface area (Å²) >= 11 is 11.8. The highest BCUT2D eigenvalue weighted by molar-refractivity contribution is 7.89. The molecule has 1 amide bonds. The Morgan fingerprint density at radius 2 is 1.75 bits per heavy atom. The molecule has 0 fully saturated rings. The standard InChI is InChI=1S/C18H18Cl2N2O5S/c1-22(28(25,26)16-9-14(19)7-8-15(16)20)11-17(23)21-10-12-3-5-13(6-4-12)18(24)27-2/h3-9H,10-11H2,1-2H3,(H,21,23). The molecule has 0 aliphatic rings. The molecule has 0 radical (unpaired) electrons. The third-order valence-electron chi connectivity index (χ3n) is 3.81. The van der Waals surface area contributed by atoms with E-state index in [1.54, 1.807) is 24.3 Å². The number of amides is 1. The van der Waals surface area contributed by atoms with Crippen LogP contribution >= 0.6 is 23.2 Å². The van der Waals surface area contributed by atoms with Gasteiger partial charge in [-0.1, -0.05) is 35.3 Å². The molecule has 0 aliphatic carbocycles. The molecule has 28 heavy (non-hydrogen) atoms. The zero-order valence-electron chi connectivity index (χ0n) is 15.1. The van der Waals surface area contributed by atoms with Gasteiger partial charge in [-0.25, -0.2) is 13.2 Å². The van der Waals surface area contributed by atoms with Crippen LogP contribution in [0.1, 0.15) is 15.9 Å². The summed E-state index contributed by atoms with van der Waals surface area (Å²) in [5.74, 6) is -0.955. The maximum absolute atomic E-state index is 12.6. The Bertz CT molecular complexity index is 978. The molecule has 0 saturated carbocycles. The first-order valence-electron chi connectivity index (χ1n) is 8.00. The largest absolute Gasteiger partial charge is 0.465 e. The van der Waals surface area contributed by atoms with Gasteiger partial charge in [0.2, 0.25) is 15.9 Å². The first-order valence-corrected chi connectivity index (χ1v) is 10.2. The van der Waals surface area contributed by atoms with Gasteiger partial charge in [0, 0.05) is 18.6 Å². The lowest BCUT2D eigenvalue weighted by atomic mass is 10.1. The van der Waals surface area contributed by atoms with Crippen molar-refractivity contribution in [3.05, 3.63) is 63.6 Å². The van der Waals surface area contributed by atoms with E-state index in [1.165, 1.54) is 32.4 Å². The molecule has 7 nitrogen and oxygen atoms in total. The zero-order valence-corrected chi connectivity index (χ0v) is 17.4. The summed E-state index contributed by atoms with van der Waals surface area (Å²) in [6.07, 6.45) is 0. The van der Waals surface area contributed by atoms with Crippen LogP contribution in [-0.2, 0) is 26.1 Å². The van der Waals surface area contributed by atoms with Gasteiger partial charge >= 0.3 is 5.97 Å². The van der Waals surface area contributed by atoms with Crippen LogP contribution in [0.4, 0.5) is 0 Å². The maximum atomic E-state index is 12.6. The number of halogens is 2. The number of carbonyl (C=O) groups is 2. The minimum absolute atomic E-state index is 0.0161. The summed E-state index contributed by atoms with van der Waals surface area (Å²) in [5, 5.41) is 2.86. The van der Waals surface area contributed by atoms with Crippen molar-refractivity contribution >= 4 is 45.1 Å². The lowest BCUT2D eigenvalue weighted by Crippen LogP contribution is -2.38. The fourth-order valence-corrected chi connectivity index (χ4v) is 4.12. The third kappa shape index (κ3) is 5.45. The second-order valence-electron chi connectivity index (χ2n) is 5.80. The number of methoxy groups -OCH3 is 1. The van der Waals surface area contributed by atoms with Crippen LogP contribution < -0.4 is 5.32 Å². The number of carbonyl (C=O) groups excluding carboxylic acids is 2.